The second-order valence-corrected chi connectivity index (χ2v) is 5.60. The molecule has 0 bridgehead atoms. The molecule has 0 aromatic heterocycles. The van der Waals surface area contributed by atoms with Crippen LogP contribution in [-0.2, 0) is 11.3 Å². The Labute approximate surface area is 120 Å². The molecule has 1 aliphatic rings. The number of hydrogen-bond acceptors (Lipinski definition) is 3. The first-order valence-electron chi connectivity index (χ1n) is 7.36. The zero-order chi connectivity index (χ0) is 14.4. The van der Waals surface area contributed by atoms with E-state index in [0.717, 1.165) is 31.2 Å². The van der Waals surface area contributed by atoms with E-state index < -0.39 is 0 Å². The van der Waals surface area contributed by atoms with Gasteiger partial charge in [0.2, 0.25) is 5.91 Å². The normalized spacial score (nSPS) is 22.8. The van der Waals surface area contributed by atoms with Crippen LogP contribution in [0.1, 0.15) is 31.2 Å². The summed E-state index contributed by atoms with van der Waals surface area (Å²) >= 11 is 0. The van der Waals surface area contributed by atoms with Crippen LogP contribution >= 0.6 is 0 Å². The van der Waals surface area contributed by atoms with Crippen molar-refractivity contribution in [2.24, 2.45) is 0 Å². The zero-order valence-electron chi connectivity index (χ0n) is 12.1. The fourth-order valence-corrected chi connectivity index (χ4v) is 2.80. The lowest BCUT2D eigenvalue weighted by Crippen LogP contribution is -2.47. The van der Waals surface area contributed by atoms with Gasteiger partial charge in [-0.3, -0.25) is 9.69 Å². The summed E-state index contributed by atoms with van der Waals surface area (Å²) in [6.07, 6.45) is 3.75. The van der Waals surface area contributed by atoms with Gasteiger partial charge in [-0.2, -0.15) is 0 Å². The molecule has 2 rings (SSSR count). The molecule has 0 radical (unpaired) electrons. The molecule has 110 valence electrons. The molecule has 4 nitrogen and oxygen atoms in total. The van der Waals surface area contributed by atoms with Crippen LogP contribution in [0.4, 0.5) is 0 Å². The summed E-state index contributed by atoms with van der Waals surface area (Å²) in [7, 11) is 1.92. The van der Waals surface area contributed by atoms with Gasteiger partial charge in [0.05, 0.1) is 12.6 Å². The van der Waals surface area contributed by atoms with Crippen molar-refractivity contribution in [1.29, 1.82) is 0 Å². The summed E-state index contributed by atoms with van der Waals surface area (Å²) in [5, 5.41) is 12.9. The highest BCUT2D eigenvalue weighted by atomic mass is 16.3. The van der Waals surface area contributed by atoms with E-state index in [1.165, 1.54) is 0 Å². The van der Waals surface area contributed by atoms with Gasteiger partial charge < -0.3 is 10.4 Å². The maximum absolute atomic E-state index is 11.9. The number of nitrogens with one attached hydrogen (secondary N) is 1. The largest absolute Gasteiger partial charge is 0.391 e. The van der Waals surface area contributed by atoms with Crippen molar-refractivity contribution in [3.63, 3.8) is 0 Å². The van der Waals surface area contributed by atoms with Crippen molar-refractivity contribution >= 4 is 5.91 Å². The van der Waals surface area contributed by atoms with Crippen LogP contribution in [0.3, 0.4) is 0 Å². The molecule has 0 saturated heterocycles. The van der Waals surface area contributed by atoms with Gasteiger partial charge in [0.25, 0.3) is 0 Å². The highest BCUT2D eigenvalue weighted by Gasteiger charge is 2.27. The Bertz CT molecular complexity index is 422. The first-order valence-corrected chi connectivity index (χ1v) is 7.36. The monoisotopic (exact) mass is 276 g/mol. The van der Waals surface area contributed by atoms with E-state index in [0.29, 0.717) is 13.1 Å². The molecule has 2 unspecified atom stereocenters. The maximum atomic E-state index is 11.9. The summed E-state index contributed by atoms with van der Waals surface area (Å²) in [6, 6.07) is 10.00. The van der Waals surface area contributed by atoms with Gasteiger partial charge in [-0.1, -0.05) is 43.2 Å². The molecule has 2 N–H and O–H groups in total. The Morgan fingerprint density at radius 2 is 2.00 bits per heavy atom. The van der Waals surface area contributed by atoms with Crippen LogP contribution in [0.25, 0.3) is 0 Å². The van der Waals surface area contributed by atoms with E-state index in [1.54, 1.807) is 0 Å². The van der Waals surface area contributed by atoms with Crippen LogP contribution in [-0.4, -0.2) is 41.7 Å². The average Bonchev–Trinajstić information content (AvgIpc) is 2.46. The first kappa shape index (κ1) is 15.0. The predicted molar refractivity (Wildman–Crippen MR) is 79.2 cm³/mol. The SMILES string of the molecule is CN(CC(=O)NCc1ccccc1)C1CCCCC1O. The van der Waals surface area contributed by atoms with Gasteiger partial charge in [-0.15, -0.1) is 0 Å². The highest BCUT2D eigenvalue weighted by molar-refractivity contribution is 5.78. The van der Waals surface area contributed by atoms with Gasteiger partial charge in [-0.25, -0.2) is 0 Å². The van der Waals surface area contributed by atoms with Gasteiger partial charge in [0, 0.05) is 12.6 Å². The van der Waals surface area contributed by atoms with E-state index in [1.807, 2.05) is 42.3 Å². The van der Waals surface area contributed by atoms with Crippen molar-refractivity contribution in [2.75, 3.05) is 13.6 Å². The van der Waals surface area contributed by atoms with Crippen molar-refractivity contribution in [3.05, 3.63) is 35.9 Å². The van der Waals surface area contributed by atoms with Crippen molar-refractivity contribution in [2.45, 2.75) is 44.4 Å². The number of benzene rings is 1. The summed E-state index contributed by atoms with van der Waals surface area (Å²) in [4.78, 5) is 13.9. The number of carbonyl (C=O) groups is 1. The average molecular weight is 276 g/mol. The Kier molecular flexibility index (Phi) is 5.56. The summed E-state index contributed by atoms with van der Waals surface area (Å²) in [5.41, 5.74) is 1.10. The minimum Gasteiger partial charge on any atom is -0.391 e. The van der Waals surface area contributed by atoms with Gasteiger partial charge in [0.15, 0.2) is 0 Å². The third-order valence-electron chi connectivity index (χ3n) is 3.99. The summed E-state index contributed by atoms with van der Waals surface area (Å²) in [5.74, 6) is 0.00845. The van der Waals surface area contributed by atoms with Crippen molar-refractivity contribution < 1.29 is 9.90 Å². The Balaban J connectivity index is 1.76. The third kappa shape index (κ3) is 4.32. The number of carbonyl (C=O) groups excluding carboxylic acids is 1. The number of aliphatic hydroxyl groups is 1. The molecule has 1 aromatic carbocycles. The number of amides is 1. The summed E-state index contributed by atoms with van der Waals surface area (Å²) < 4.78 is 0. The van der Waals surface area contributed by atoms with Gasteiger partial charge in [-0.05, 0) is 25.5 Å². The van der Waals surface area contributed by atoms with Crippen molar-refractivity contribution in [3.8, 4) is 0 Å². The minimum atomic E-state index is -0.296. The molecule has 20 heavy (non-hydrogen) atoms. The molecule has 0 aliphatic heterocycles. The maximum Gasteiger partial charge on any atom is 0.234 e. The lowest BCUT2D eigenvalue weighted by Gasteiger charge is -2.34. The highest BCUT2D eigenvalue weighted by Crippen LogP contribution is 2.22. The lowest BCUT2D eigenvalue weighted by atomic mass is 9.91. The van der Waals surface area contributed by atoms with Crippen LogP contribution < -0.4 is 5.32 Å². The molecule has 1 amide bonds. The van der Waals surface area contributed by atoms with Crippen molar-refractivity contribution in [1.82, 2.24) is 10.2 Å². The minimum absolute atomic E-state index is 0.00845. The standard InChI is InChI=1S/C16H24N2O2/c1-18(14-9-5-6-10-15(14)19)12-16(20)17-11-13-7-3-2-4-8-13/h2-4,7-8,14-15,19H,5-6,9-12H2,1H3,(H,17,20). The van der Waals surface area contributed by atoms with Crippen LogP contribution in [0.2, 0.25) is 0 Å². The molecule has 0 spiro atoms. The molecular weight excluding hydrogens is 252 g/mol. The molecular formula is C16H24N2O2. The molecule has 1 aromatic rings. The van der Waals surface area contributed by atoms with Crippen LogP contribution in [0.5, 0.6) is 0 Å². The number of rotatable bonds is 5. The Morgan fingerprint density at radius 3 is 2.70 bits per heavy atom. The van der Waals surface area contributed by atoms with Crippen LogP contribution in [0, 0.1) is 0 Å². The molecule has 1 aliphatic carbocycles. The molecule has 0 heterocycles. The third-order valence-corrected chi connectivity index (χ3v) is 3.99. The second kappa shape index (κ2) is 7.41. The Morgan fingerprint density at radius 1 is 1.30 bits per heavy atom. The topological polar surface area (TPSA) is 52.6 Å². The van der Waals surface area contributed by atoms with Gasteiger partial charge >= 0.3 is 0 Å². The van der Waals surface area contributed by atoms with E-state index in [-0.39, 0.29) is 18.1 Å². The van der Waals surface area contributed by atoms with Crippen LogP contribution in [0.15, 0.2) is 30.3 Å². The Hall–Kier alpha value is -1.39. The smallest absolute Gasteiger partial charge is 0.234 e. The number of nitrogens with zero attached hydrogens (tertiary/aromatic N) is 1. The molecule has 2 atom stereocenters. The lowest BCUT2D eigenvalue weighted by molar-refractivity contribution is -0.123. The van der Waals surface area contributed by atoms with Gasteiger partial charge in [0.1, 0.15) is 0 Å². The second-order valence-electron chi connectivity index (χ2n) is 5.60. The number of aliphatic hydroxyl groups excluding tert-OH is 1. The van der Waals surface area contributed by atoms with E-state index in [4.69, 9.17) is 0 Å². The number of likely N-dealkylation sites (N-methyl/N-ethyl adjacent to an activating group) is 1. The van der Waals surface area contributed by atoms with E-state index in [2.05, 4.69) is 5.32 Å². The van der Waals surface area contributed by atoms with E-state index in [9.17, 15) is 9.90 Å². The first-order chi connectivity index (χ1) is 9.66. The molecule has 4 heteroatoms. The quantitative estimate of drug-likeness (QED) is 0.857. The zero-order valence-corrected chi connectivity index (χ0v) is 12.1. The van der Waals surface area contributed by atoms with E-state index >= 15 is 0 Å². The molecule has 1 fully saturated rings. The predicted octanol–water partition coefficient (Wildman–Crippen LogP) is 1.54. The number of hydrogen-bond donors (Lipinski definition) is 2. The fraction of sp³-hybridized carbons (Fsp3) is 0.562. The fourth-order valence-electron chi connectivity index (χ4n) is 2.80. The molecule has 1 saturated carbocycles. The summed E-state index contributed by atoms with van der Waals surface area (Å²) in [6.45, 7) is 0.898.